The Balaban J connectivity index is 1.68. The number of halogens is 1. The van der Waals surface area contributed by atoms with Crippen molar-refractivity contribution in [2.24, 2.45) is 0 Å². The second-order valence-corrected chi connectivity index (χ2v) is 9.03. The highest BCUT2D eigenvalue weighted by molar-refractivity contribution is 9.10. The standard InChI is InChI=1S/C20H21BrN2O3S/c1-20(2,3)14-9-12(21)5-8-16(14)26-11-18(24)23-19-22-15-7-6-13(25-4)10-17(15)27-19/h5-10H,11H2,1-4H3,(H,22,23,24). The van der Waals surface area contributed by atoms with Crippen LogP contribution in [0.25, 0.3) is 10.2 Å². The van der Waals surface area contributed by atoms with E-state index in [0.717, 1.165) is 26.0 Å². The number of aromatic nitrogens is 1. The first-order valence-corrected chi connectivity index (χ1v) is 10.0. The van der Waals surface area contributed by atoms with Crippen molar-refractivity contribution < 1.29 is 14.3 Å². The third kappa shape index (κ3) is 4.78. The molecule has 27 heavy (non-hydrogen) atoms. The van der Waals surface area contributed by atoms with E-state index in [9.17, 15) is 4.79 Å². The molecular formula is C20H21BrN2O3S. The zero-order valence-electron chi connectivity index (χ0n) is 15.6. The highest BCUT2D eigenvalue weighted by Gasteiger charge is 2.20. The number of hydrogen-bond acceptors (Lipinski definition) is 5. The van der Waals surface area contributed by atoms with Crippen molar-refractivity contribution in [3.63, 3.8) is 0 Å². The fourth-order valence-corrected chi connectivity index (χ4v) is 3.87. The van der Waals surface area contributed by atoms with Crippen molar-refractivity contribution in [2.45, 2.75) is 26.2 Å². The van der Waals surface area contributed by atoms with Crippen molar-refractivity contribution in [3.8, 4) is 11.5 Å². The number of ether oxygens (including phenoxy) is 2. The lowest BCUT2D eigenvalue weighted by molar-refractivity contribution is -0.118. The molecule has 7 heteroatoms. The lowest BCUT2D eigenvalue weighted by Gasteiger charge is -2.23. The van der Waals surface area contributed by atoms with Crippen LogP contribution in [-0.4, -0.2) is 24.6 Å². The Kier molecular flexibility index (Phi) is 5.72. The summed E-state index contributed by atoms with van der Waals surface area (Å²) in [5.74, 6) is 1.22. The predicted molar refractivity (Wildman–Crippen MR) is 113 cm³/mol. The number of rotatable bonds is 5. The first-order valence-electron chi connectivity index (χ1n) is 8.43. The summed E-state index contributed by atoms with van der Waals surface area (Å²) in [7, 11) is 1.62. The van der Waals surface area contributed by atoms with Gasteiger partial charge in [0.05, 0.1) is 17.3 Å². The van der Waals surface area contributed by atoms with E-state index < -0.39 is 0 Å². The van der Waals surface area contributed by atoms with Gasteiger partial charge in [0, 0.05) is 10.0 Å². The number of nitrogens with zero attached hydrogens (tertiary/aromatic N) is 1. The monoisotopic (exact) mass is 448 g/mol. The topological polar surface area (TPSA) is 60.5 Å². The van der Waals surface area contributed by atoms with Gasteiger partial charge in [0.25, 0.3) is 5.91 Å². The van der Waals surface area contributed by atoms with Crippen LogP contribution in [0.1, 0.15) is 26.3 Å². The van der Waals surface area contributed by atoms with E-state index in [4.69, 9.17) is 9.47 Å². The number of fused-ring (bicyclic) bond motifs is 1. The van der Waals surface area contributed by atoms with E-state index in [1.165, 1.54) is 11.3 Å². The molecule has 0 aliphatic carbocycles. The molecule has 1 amide bonds. The van der Waals surface area contributed by atoms with Crippen LogP contribution in [-0.2, 0) is 10.2 Å². The Labute approximate surface area is 170 Å². The van der Waals surface area contributed by atoms with Gasteiger partial charge in [-0.2, -0.15) is 0 Å². The van der Waals surface area contributed by atoms with E-state index in [0.29, 0.717) is 10.9 Å². The van der Waals surface area contributed by atoms with Crippen LogP contribution in [0, 0.1) is 0 Å². The fourth-order valence-electron chi connectivity index (χ4n) is 2.60. The molecule has 142 valence electrons. The third-order valence-electron chi connectivity index (χ3n) is 3.95. The smallest absolute Gasteiger partial charge is 0.264 e. The zero-order chi connectivity index (χ0) is 19.6. The van der Waals surface area contributed by atoms with Gasteiger partial charge in [0.15, 0.2) is 11.7 Å². The summed E-state index contributed by atoms with van der Waals surface area (Å²) in [5.41, 5.74) is 1.76. The number of amides is 1. The Morgan fingerprint density at radius 1 is 1.22 bits per heavy atom. The van der Waals surface area contributed by atoms with Gasteiger partial charge in [-0.15, -0.1) is 0 Å². The van der Waals surface area contributed by atoms with Gasteiger partial charge in [-0.3, -0.25) is 10.1 Å². The van der Waals surface area contributed by atoms with Crippen LogP contribution in [0.15, 0.2) is 40.9 Å². The number of anilines is 1. The largest absolute Gasteiger partial charge is 0.497 e. The van der Waals surface area contributed by atoms with Crippen molar-refractivity contribution >= 4 is 48.5 Å². The van der Waals surface area contributed by atoms with Gasteiger partial charge in [-0.25, -0.2) is 4.98 Å². The summed E-state index contributed by atoms with van der Waals surface area (Å²) in [6.07, 6.45) is 0. The minimum atomic E-state index is -0.246. The number of carbonyl (C=O) groups is 1. The summed E-state index contributed by atoms with van der Waals surface area (Å²) in [6, 6.07) is 11.4. The van der Waals surface area contributed by atoms with E-state index in [1.54, 1.807) is 7.11 Å². The first kappa shape index (κ1) is 19.6. The number of nitrogens with one attached hydrogen (secondary N) is 1. The van der Waals surface area contributed by atoms with Crippen LogP contribution >= 0.6 is 27.3 Å². The molecule has 3 rings (SSSR count). The molecule has 5 nitrogen and oxygen atoms in total. The van der Waals surface area contributed by atoms with Gasteiger partial charge in [0.2, 0.25) is 0 Å². The molecule has 1 aromatic heterocycles. The number of methoxy groups -OCH3 is 1. The minimum Gasteiger partial charge on any atom is -0.497 e. The Morgan fingerprint density at radius 3 is 2.70 bits per heavy atom. The fraction of sp³-hybridized carbons (Fsp3) is 0.300. The van der Waals surface area contributed by atoms with Gasteiger partial charge in [-0.05, 0) is 41.8 Å². The molecule has 2 aromatic carbocycles. The normalized spacial score (nSPS) is 11.4. The molecule has 0 radical (unpaired) electrons. The maximum atomic E-state index is 12.3. The molecule has 1 N–H and O–H groups in total. The second kappa shape index (κ2) is 7.86. The molecular weight excluding hydrogens is 428 g/mol. The summed E-state index contributed by atoms with van der Waals surface area (Å²) in [4.78, 5) is 16.7. The van der Waals surface area contributed by atoms with Gasteiger partial charge < -0.3 is 9.47 Å². The lowest BCUT2D eigenvalue weighted by atomic mass is 9.86. The average molecular weight is 449 g/mol. The zero-order valence-corrected chi connectivity index (χ0v) is 18.0. The molecule has 0 fully saturated rings. The third-order valence-corrected chi connectivity index (χ3v) is 5.38. The van der Waals surface area contributed by atoms with Crippen molar-refractivity contribution in [3.05, 3.63) is 46.4 Å². The summed E-state index contributed by atoms with van der Waals surface area (Å²) in [6.45, 7) is 6.25. The molecule has 0 saturated heterocycles. The quantitative estimate of drug-likeness (QED) is 0.568. The van der Waals surface area contributed by atoms with Crippen LogP contribution in [0.3, 0.4) is 0 Å². The summed E-state index contributed by atoms with van der Waals surface area (Å²) >= 11 is 4.89. The lowest BCUT2D eigenvalue weighted by Crippen LogP contribution is -2.21. The summed E-state index contributed by atoms with van der Waals surface area (Å²) < 4.78 is 12.9. The van der Waals surface area contributed by atoms with Crippen LogP contribution in [0.4, 0.5) is 5.13 Å². The predicted octanol–water partition coefficient (Wildman–Crippen LogP) is 5.38. The number of hydrogen-bond donors (Lipinski definition) is 1. The molecule has 0 saturated carbocycles. The highest BCUT2D eigenvalue weighted by atomic mass is 79.9. The van der Waals surface area contributed by atoms with Crippen LogP contribution < -0.4 is 14.8 Å². The Hall–Kier alpha value is -2.12. The SMILES string of the molecule is COc1ccc2nc(NC(=O)COc3ccc(Br)cc3C(C)(C)C)sc2c1. The van der Waals surface area contributed by atoms with Crippen LogP contribution in [0.2, 0.25) is 0 Å². The molecule has 0 aliphatic rings. The first-order chi connectivity index (χ1) is 12.8. The molecule has 0 bridgehead atoms. The molecule has 0 spiro atoms. The molecule has 1 heterocycles. The Bertz CT molecular complexity index is 979. The maximum absolute atomic E-state index is 12.3. The van der Waals surface area contributed by atoms with Crippen molar-refractivity contribution in [1.82, 2.24) is 4.98 Å². The molecule has 0 atom stereocenters. The van der Waals surface area contributed by atoms with E-state index in [2.05, 4.69) is 47.0 Å². The van der Waals surface area contributed by atoms with E-state index in [1.807, 2.05) is 36.4 Å². The summed E-state index contributed by atoms with van der Waals surface area (Å²) in [5, 5.41) is 3.34. The second-order valence-electron chi connectivity index (χ2n) is 7.08. The van der Waals surface area contributed by atoms with Gasteiger partial charge in [0.1, 0.15) is 11.5 Å². The van der Waals surface area contributed by atoms with Crippen molar-refractivity contribution in [1.29, 1.82) is 0 Å². The van der Waals surface area contributed by atoms with Gasteiger partial charge >= 0.3 is 0 Å². The molecule has 0 unspecified atom stereocenters. The molecule has 0 aliphatic heterocycles. The number of benzene rings is 2. The van der Waals surface area contributed by atoms with E-state index >= 15 is 0 Å². The number of carbonyl (C=O) groups excluding carboxylic acids is 1. The number of thiazole rings is 1. The van der Waals surface area contributed by atoms with Crippen molar-refractivity contribution in [2.75, 3.05) is 19.0 Å². The minimum absolute atomic E-state index is 0.0794. The molecule has 3 aromatic rings. The Morgan fingerprint density at radius 2 is 2.00 bits per heavy atom. The maximum Gasteiger partial charge on any atom is 0.264 e. The van der Waals surface area contributed by atoms with E-state index in [-0.39, 0.29) is 17.9 Å². The highest BCUT2D eigenvalue weighted by Crippen LogP contribution is 2.34. The van der Waals surface area contributed by atoms with Crippen LogP contribution in [0.5, 0.6) is 11.5 Å². The van der Waals surface area contributed by atoms with Gasteiger partial charge in [-0.1, -0.05) is 48.0 Å². The average Bonchev–Trinajstić information content (AvgIpc) is 3.00.